The molecule has 0 aromatic heterocycles. The third-order valence-electron chi connectivity index (χ3n) is 4.88. The first-order valence-corrected chi connectivity index (χ1v) is 8.44. The summed E-state index contributed by atoms with van der Waals surface area (Å²) in [7, 11) is 0. The molecule has 5 heteroatoms. The van der Waals surface area contributed by atoms with Gasteiger partial charge in [-0.05, 0) is 37.5 Å². The minimum atomic E-state index is 0.0578. The number of carbonyl (C=O) groups is 2. The van der Waals surface area contributed by atoms with Gasteiger partial charge in [-0.1, -0.05) is 19.3 Å². The lowest BCUT2D eigenvalue weighted by molar-refractivity contribution is -0.123. The maximum Gasteiger partial charge on any atom is 0.220 e. The summed E-state index contributed by atoms with van der Waals surface area (Å²) in [5, 5.41) is 5.76. The van der Waals surface area contributed by atoms with Gasteiger partial charge in [0.05, 0.1) is 0 Å². The van der Waals surface area contributed by atoms with E-state index in [-0.39, 0.29) is 17.9 Å². The van der Waals surface area contributed by atoms with Gasteiger partial charge in [-0.3, -0.25) is 9.59 Å². The second-order valence-electron chi connectivity index (χ2n) is 6.61. The highest BCUT2D eigenvalue weighted by atomic mass is 16.2. The van der Waals surface area contributed by atoms with Crippen molar-refractivity contribution in [2.24, 2.45) is 17.6 Å². The zero-order chi connectivity index (χ0) is 15.1. The van der Waals surface area contributed by atoms with Crippen LogP contribution in [0.2, 0.25) is 0 Å². The molecule has 0 aliphatic heterocycles. The van der Waals surface area contributed by atoms with E-state index < -0.39 is 0 Å². The van der Waals surface area contributed by atoms with E-state index in [4.69, 9.17) is 5.73 Å². The number of hydrogen-bond acceptors (Lipinski definition) is 3. The molecule has 4 N–H and O–H groups in total. The van der Waals surface area contributed by atoms with Gasteiger partial charge >= 0.3 is 0 Å². The normalized spacial score (nSPS) is 26.0. The Balaban J connectivity index is 1.50. The molecule has 120 valence electrons. The highest BCUT2D eigenvalue weighted by molar-refractivity contribution is 5.77. The molecular weight excluding hydrogens is 266 g/mol. The molecule has 2 aliphatic rings. The SMILES string of the molecule is N[C@@H]1CCC[C@H]1CC(=O)NCCNC(=O)CC1CCCC1. The molecule has 2 saturated carbocycles. The van der Waals surface area contributed by atoms with Crippen LogP contribution >= 0.6 is 0 Å². The quantitative estimate of drug-likeness (QED) is 0.619. The van der Waals surface area contributed by atoms with E-state index in [1.165, 1.54) is 25.7 Å². The fourth-order valence-electron chi connectivity index (χ4n) is 3.58. The summed E-state index contributed by atoms with van der Waals surface area (Å²) in [6, 6.07) is 0.182. The summed E-state index contributed by atoms with van der Waals surface area (Å²) in [5.41, 5.74) is 5.96. The van der Waals surface area contributed by atoms with Crippen LogP contribution in [-0.2, 0) is 9.59 Å². The lowest BCUT2D eigenvalue weighted by atomic mass is 10.00. The van der Waals surface area contributed by atoms with Crippen molar-refractivity contribution in [1.82, 2.24) is 10.6 Å². The fraction of sp³-hybridized carbons (Fsp3) is 0.875. The van der Waals surface area contributed by atoms with Crippen LogP contribution < -0.4 is 16.4 Å². The average Bonchev–Trinajstić information content (AvgIpc) is 3.08. The van der Waals surface area contributed by atoms with Gasteiger partial charge < -0.3 is 16.4 Å². The molecule has 2 amide bonds. The van der Waals surface area contributed by atoms with Gasteiger partial charge in [0.1, 0.15) is 0 Å². The van der Waals surface area contributed by atoms with Gasteiger partial charge in [0.2, 0.25) is 11.8 Å². The molecule has 5 nitrogen and oxygen atoms in total. The molecule has 0 radical (unpaired) electrons. The molecule has 0 saturated heterocycles. The Morgan fingerprint density at radius 3 is 2.05 bits per heavy atom. The topological polar surface area (TPSA) is 84.2 Å². The van der Waals surface area contributed by atoms with Crippen molar-refractivity contribution in [3.8, 4) is 0 Å². The molecule has 2 atom stereocenters. The standard InChI is InChI=1S/C16H29N3O2/c17-14-7-3-6-13(14)11-16(21)19-9-8-18-15(20)10-12-4-1-2-5-12/h12-14H,1-11,17H2,(H,18,20)(H,19,21)/t13-,14+/m0/s1. The number of nitrogens with two attached hydrogens (primary N) is 1. The first-order valence-electron chi connectivity index (χ1n) is 8.44. The Bertz CT molecular complexity index is 353. The van der Waals surface area contributed by atoms with Crippen molar-refractivity contribution < 1.29 is 9.59 Å². The highest BCUT2D eigenvalue weighted by Gasteiger charge is 2.25. The van der Waals surface area contributed by atoms with Crippen LogP contribution in [0.3, 0.4) is 0 Å². The number of amides is 2. The monoisotopic (exact) mass is 295 g/mol. The molecule has 21 heavy (non-hydrogen) atoms. The Labute approximate surface area is 127 Å². The van der Waals surface area contributed by atoms with Crippen LogP contribution in [-0.4, -0.2) is 30.9 Å². The van der Waals surface area contributed by atoms with Crippen LogP contribution in [0.1, 0.15) is 57.8 Å². The first-order chi connectivity index (χ1) is 10.1. The maximum absolute atomic E-state index is 11.8. The fourth-order valence-corrected chi connectivity index (χ4v) is 3.58. The second kappa shape index (κ2) is 8.37. The Morgan fingerprint density at radius 1 is 0.857 bits per heavy atom. The van der Waals surface area contributed by atoms with Crippen LogP contribution in [0.25, 0.3) is 0 Å². The summed E-state index contributed by atoms with van der Waals surface area (Å²) in [6.45, 7) is 1.03. The van der Waals surface area contributed by atoms with E-state index in [0.717, 1.165) is 19.3 Å². The van der Waals surface area contributed by atoms with Crippen LogP contribution in [0.5, 0.6) is 0 Å². The molecular formula is C16H29N3O2. The van der Waals surface area contributed by atoms with Gasteiger partial charge in [-0.25, -0.2) is 0 Å². The molecule has 2 aliphatic carbocycles. The molecule has 0 unspecified atom stereocenters. The molecule has 0 heterocycles. The van der Waals surface area contributed by atoms with Crippen molar-refractivity contribution in [1.29, 1.82) is 0 Å². The molecule has 2 fully saturated rings. The molecule has 0 bridgehead atoms. The number of carbonyl (C=O) groups excluding carboxylic acids is 2. The third-order valence-corrected chi connectivity index (χ3v) is 4.88. The lowest BCUT2D eigenvalue weighted by Gasteiger charge is -2.15. The van der Waals surface area contributed by atoms with Crippen molar-refractivity contribution >= 4 is 11.8 Å². The number of hydrogen-bond donors (Lipinski definition) is 3. The van der Waals surface area contributed by atoms with E-state index in [0.29, 0.717) is 37.8 Å². The summed E-state index contributed by atoms with van der Waals surface area (Å²) < 4.78 is 0. The van der Waals surface area contributed by atoms with Gasteiger partial charge in [-0.2, -0.15) is 0 Å². The van der Waals surface area contributed by atoms with Crippen molar-refractivity contribution in [2.75, 3.05) is 13.1 Å². The van der Waals surface area contributed by atoms with E-state index in [1.807, 2.05) is 0 Å². The van der Waals surface area contributed by atoms with Crippen molar-refractivity contribution in [3.63, 3.8) is 0 Å². The van der Waals surface area contributed by atoms with Crippen LogP contribution in [0.4, 0.5) is 0 Å². The Hall–Kier alpha value is -1.10. The second-order valence-corrected chi connectivity index (χ2v) is 6.61. The van der Waals surface area contributed by atoms with E-state index in [2.05, 4.69) is 10.6 Å². The number of nitrogens with one attached hydrogen (secondary N) is 2. The zero-order valence-electron chi connectivity index (χ0n) is 12.9. The van der Waals surface area contributed by atoms with E-state index >= 15 is 0 Å². The number of rotatable bonds is 7. The van der Waals surface area contributed by atoms with Crippen LogP contribution in [0, 0.1) is 11.8 Å². The third kappa shape index (κ3) is 5.65. The summed E-state index contributed by atoms with van der Waals surface area (Å²) in [4.78, 5) is 23.5. The predicted octanol–water partition coefficient (Wildman–Crippen LogP) is 1.32. The minimum Gasteiger partial charge on any atom is -0.354 e. The Morgan fingerprint density at radius 2 is 1.48 bits per heavy atom. The Kier molecular flexibility index (Phi) is 6.49. The van der Waals surface area contributed by atoms with E-state index in [9.17, 15) is 9.59 Å². The average molecular weight is 295 g/mol. The molecule has 0 spiro atoms. The molecule has 0 aromatic rings. The van der Waals surface area contributed by atoms with Gasteiger partial charge in [0.25, 0.3) is 0 Å². The molecule has 0 aromatic carbocycles. The van der Waals surface area contributed by atoms with Crippen molar-refractivity contribution in [2.45, 2.75) is 63.8 Å². The van der Waals surface area contributed by atoms with Gasteiger partial charge in [-0.15, -0.1) is 0 Å². The lowest BCUT2D eigenvalue weighted by Crippen LogP contribution is -2.37. The summed E-state index contributed by atoms with van der Waals surface area (Å²) in [5.74, 6) is 1.08. The smallest absolute Gasteiger partial charge is 0.220 e. The summed E-state index contributed by atoms with van der Waals surface area (Å²) in [6.07, 6.45) is 9.30. The molecule has 2 rings (SSSR count). The predicted molar refractivity (Wildman–Crippen MR) is 82.5 cm³/mol. The largest absolute Gasteiger partial charge is 0.354 e. The zero-order valence-corrected chi connectivity index (χ0v) is 12.9. The minimum absolute atomic E-state index is 0.0578. The summed E-state index contributed by atoms with van der Waals surface area (Å²) >= 11 is 0. The highest BCUT2D eigenvalue weighted by Crippen LogP contribution is 2.27. The van der Waals surface area contributed by atoms with Gasteiger partial charge in [0, 0.05) is 32.0 Å². The van der Waals surface area contributed by atoms with Crippen molar-refractivity contribution in [3.05, 3.63) is 0 Å². The first kappa shape index (κ1) is 16.3. The maximum atomic E-state index is 11.8. The van der Waals surface area contributed by atoms with Crippen LogP contribution in [0.15, 0.2) is 0 Å². The van der Waals surface area contributed by atoms with E-state index in [1.54, 1.807) is 0 Å². The van der Waals surface area contributed by atoms with Gasteiger partial charge in [0.15, 0.2) is 0 Å².